The summed E-state index contributed by atoms with van der Waals surface area (Å²) in [5.41, 5.74) is 5.90. The van der Waals surface area contributed by atoms with E-state index in [4.69, 9.17) is 5.11 Å². The topological polar surface area (TPSA) is 64.0 Å². The van der Waals surface area contributed by atoms with Gasteiger partial charge in [0.2, 0.25) is 0 Å². The Kier molecular flexibility index (Phi) is 15.3. The van der Waals surface area contributed by atoms with Gasteiger partial charge < -0.3 is 20.0 Å². The van der Waals surface area contributed by atoms with Gasteiger partial charge in [0.05, 0.1) is 12.1 Å². The van der Waals surface area contributed by atoms with Crippen LogP contribution in [0.5, 0.6) is 0 Å². The molecule has 41 heavy (non-hydrogen) atoms. The lowest BCUT2D eigenvalue weighted by atomic mass is 9.96. The van der Waals surface area contributed by atoms with Crippen LogP contribution >= 0.6 is 0 Å². The monoisotopic (exact) mass is 564 g/mol. The average Bonchev–Trinajstić information content (AvgIpc) is 3.10. The maximum absolute atomic E-state index is 10.3. The number of hydrogen-bond donors (Lipinski definition) is 2. The molecule has 2 N–H and O–H groups in total. The van der Waals surface area contributed by atoms with Crippen LogP contribution in [0, 0.1) is 0 Å². The molecule has 2 aliphatic rings. The summed E-state index contributed by atoms with van der Waals surface area (Å²) in [6.45, 7) is 5.59. The smallest absolute Gasteiger partial charge is 0.303 e. The van der Waals surface area contributed by atoms with E-state index in [0.29, 0.717) is 12.5 Å². The van der Waals surface area contributed by atoms with Crippen molar-refractivity contribution in [2.45, 2.75) is 122 Å². The number of aliphatic hydroxyl groups excluding tert-OH is 1. The fraction of sp³-hybridized carbons (Fsp3) is 0.639. The molecule has 2 aromatic carbocycles. The van der Waals surface area contributed by atoms with Crippen LogP contribution in [0.2, 0.25) is 0 Å². The van der Waals surface area contributed by atoms with Crippen molar-refractivity contribution in [2.75, 3.05) is 31.6 Å². The van der Waals surface area contributed by atoms with Crippen LogP contribution in [0.1, 0.15) is 126 Å². The zero-order valence-electron chi connectivity index (χ0n) is 25.9. The molecule has 2 atom stereocenters. The number of piperazine rings is 1. The predicted molar refractivity (Wildman–Crippen MR) is 172 cm³/mol. The van der Waals surface area contributed by atoms with Crippen molar-refractivity contribution in [1.29, 1.82) is 0 Å². The van der Waals surface area contributed by atoms with Gasteiger partial charge in [-0.3, -0.25) is 4.79 Å². The molecule has 2 aliphatic heterocycles. The summed E-state index contributed by atoms with van der Waals surface area (Å²) in [6, 6.07) is 18.4. The molecule has 4 rings (SSSR count). The lowest BCUT2D eigenvalue weighted by Crippen LogP contribution is -2.46. The molecule has 0 aromatic heterocycles. The number of fused-ring (bicyclic) bond motifs is 5. The first-order chi connectivity index (χ1) is 20.0. The summed E-state index contributed by atoms with van der Waals surface area (Å²) in [6.07, 6.45) is 17.3. The van der Waals surface area contributed by atoms with Gasteiger partial charge in [-0.1, -0.05) is 120 Å². The zero-order valence-corrected chi connectivity index (χ0v) is 25.9. The minimum atomic E-state index is -0.678. The number of nitrogens with zero attached hydrogens (tertiary/aromatic N) is 2. The van der Waals surface area contributed by atoms with Crippen molar-refractivity contribution in [1.82, 2.24) is 4.90 Å². The molecule has 0 saturated carbocycles. The van der Waals surface area contributed by atoms with E-state index in [9.17, 15) is 9.90 Å². The first-order valence-corrected chi connectivity index (χ1v) is 16.5. The largest absolute Gasteiger partial charge is 0.481 e. The number of likely N-dealkylation sites (N-methyl/N-ethyl adjacent to an activating group) is 1. The molecule has 2 unspecified atom stereocenters. The summed E-state index contributed by atoms with van der Waals surface area (Å²) >= 11 is 0. The number of carbonyl (C=O) groups is 1. The van der Waals surface area contributed by atoms with Gasteiger partial charge >= 0.3 is 5.97 Å². The van der Waals surface area contributed by atoms with Gasteiger partial charge in [-0.15, -0.1) is 0 Å². The minimum Gasteiger partial charge on any atom is -0.481 e. The first kappa shape index (κ1) is 33.1. The molecule has 2 heterocycles. The number of rotatable bonds is 16. The third-order valence-corrected chi connectivity index (χ3v) is 8.75. The van der Waals surface area contributed by atoms with Crippen LogP contribution in [0.3, 0.4) is 0 Å². The Hall–Kier alpha value is -2.37. The Morgan fingerprint density at radius 1 is 0.805 bits per heavy atom. The fourth-order valence-electron chi connectivity index (χ4n) is 6.31. The lowest BCUT2D eigenvalue weighted by molar-refractivity contribution is -0.137. The number of aliphatic hydroxyl groups is 1. The molecule has 0 amide bonds. The Balaban J connectivity index is 0.000000225. The Morgan fingerprint density at radius 3 is 2.07 bits per heavy atom. The predicted octanol–water partition coefficient (Wildman–Crippen LogP) is 8.39. The highest BCUT2D eigenvalue weighted by Crippen LogP contribution is 2.38. The number of aliphatic carboxylic acids is 1. The van der Waals surface area contributed by atoms with Crippen molar-refractivity contribution in [3.8, 4) is 0 Å². The number of para-hydroxylation sites is 1. The molecule has 0 aliphatic carbocycles. The van der Waals surface area contributed by atoms with E-state index in [1.54, 1.807) is 0 Å². The van der Waals surface area contributed by atoms with E-state index in [1.165, 1.54) is 73.7 Å². The van der Waals surface area contributed by atoms with Crippen molar-refractivity contribution in [3.63, 3.8) is 0 Å². The number of anilines is 1. The molecule has 5 nitrogen and oxygen atoms in total. The van der Waals surface area contributed by atoms with Crippen LogP contribution in [-0.2, 0) is 11.2 Å². The van der Waals surface area contributed by atoms with E-state index in [2.05, 4.69) is 72.3 Å². The highest BCUT2D eigenvalue weighted by atomic mass is 16.4. The normalized spacial score (nSPS) is 17.0. The number of benzene rings is 2. The van der Waals surface area contributed by atoms with Gasteiger partial charge in [-0.2, -0.15) is 0 Å². The van der Waals surface area contributed by atoms with E-state index in [0.717, 1.165) is 64.6 Å². The molecule has 5 heteroatoms. The van der Waals surface area contributed by atoms with Gasteiger partial charge in [0.1, 0.15) is 0 Å². The molecule has 0 radical (unpaired) electrons. The summed E-state index contributed by atoms with van der Waals surface area (Å²) in [7, 11) is 2.23. The van der Waals surface area contributed by atoms with Gasteiger partial charge in [0.15, 0.2) is 0 Å². The SMILES string of the molecule is CCCCCCC(O)CCCCCCCCCCC(=O)O.CN1CCN2c3ccccc3Cc3ccccc3C2C1. The molecular formula is C36H56N2O3. The third kappa shape index (κ3) is 11.8. The number of carboxylic acids is 1. The van der Waals surface area contributed by atoms with E-state index in [1.807, 2.05) is 0 Å². The van der Waals surface area contributed by atoms with Crippen molar-refractivity contribution >= 4 is 11.7 Å². The van der Waals surface area contributed by atoms with E-state index < -0.39 is 5.97 Å². The van der Waals surface area contributed by atoms with Crippen molar-refractivity contribution < 1.29 is 15.0 Å². The maximum atomic E-state index is 10.3. The van der Waals surface area contributed by atoms with Crippen molar-refractivity contribution in [3.05, 3.63) is 65.2 Å². The Morgan fingerprint density at radius 2 is 1.39 bits per heavy atom. The molecule has 1 fully saturated rings. The number of unbranched alkanes of at least 4 members (excludes halogenated alkanes) is 10. The Bertz CT molecular complexity index is 1010. The van der Waals surface area contributed by atoms with E-state index in [-0.39, 0.29) is 6.10 Å². The van der Waals surface area contributed by atoms with Crippen molar-refractivity contribution in [2.24, 2.45) is 0 Å². The molecule has 228 valence electrons. The number of carboxylic acid groups (broad SMARTS) is 1. The average molecular weight is 565 g/mol. The highest BCUT2D eigenvalue weighted by molar-refractivity contribution is 5.66. The van der Waals surface area contributed by atoms with Crippen LogP contribution < -0.4 is 4.90 Å². The highest BCUT2D eigenvalue weighted by Gasteiger charge is 2.31. The summed E-state index contributed by atoms with van der Waals surface area (Å²) < 4.78 is 0. The van der Waals surface area contributed by atoms with Gasteiger partial charge in [-0.05, 0) is 55.5 Å². The summed E-state index contributed by atoms with van der Waals surface area (Å²) in [4.78, 5) is 15.4. The Labute approximate surface area is 250 Å². The lowest BCUT2D eigenvalue weighted by Gasteiger charge is -2.41. The summed E-state index contributed by atoms with van der Waals surface area (Å²) in [5.74, 6) is -0.678. The second kappa shape index (κ2) is 18.9. The molecule has 0 spiro atoms. The van der Waals surface area contributed by atoms with Crippen LogP contribution in [0.4, 0.5) is 5.69 Å². The second-order valence-corrected chi connectivity index (χ2v) is 12.2. The molecule has 1 saturated heterocycles. The van der Waals surface area contributed by atoms with Gasteiger partial charge in [-0.25, -0.2) is 0 Å². The fourth-order valence-corrected chi connectivity index (χ4v) is 6.31. The third-order valence-electron chi connectivity index (χ3n) is 8.75. The second-order valence-electron chi connectivity index (χ2n) is 12.2. The van der Waals surface area contributed by atoms with E-state index >= 15 is 0 Å². The minimum absolute atomic E-state index is 0.0853. The van der Waals surface area contributed by atoms with Crippen LogP contribution in [0.15, 0.2) is 48.5 Å². The van der Waals surface area contributed by atoms with Gasteiger partial charge in [0.25, 0.3) is 0 Å². The number of hydrogen-bond acceptors (Lipinski definition) is 4. The maximum Gasteiger partial charge on any atom is 0.303 e. The van der Waals surface area contributed by atoms with Gasteiger partial charge in [0, 0.05) is 31.7 Å². The molecular weight excluding hydrogens is 508 g/mol. The van der Waals surface area contributed by atoms with Crippen LogP contribution in [-0.4, -0.2) is 53.9 Å². The quantitative estimate of drug-likeness (QED) is 0.201. The molecule has 2 aromatic rings. The summed E-state index contributed by atoms with van der Waals surface area (Å²) in [5, 5.41) is 18.4. The standard InChI is InChI=1S/C18H20N2.C18H36O3/c1-19-10-11-20-17-9-5-3-7-15(17)12-14-6-2-4-8-16(14)18(20)13-19;1-2-3-4-11-14-17(19)15-12-9-7-5-6-8-10-13-16-18(20)21/h2-9,18H,10-13H2,1H3;17,19H,2-16H2,1H3,(H,20,21). The van der Waals surface area contributed by atoms with Crippen LogP contribution in [0.25, 0.3) is 0 Å². The molecule has 0 bridgehead atoms. The zero-order chi connectivity index (χ0) is 29.3. The first-order valence-electron chi connectivity index (χ1n) is 16.5.